The van der Waals surface area contributed by atoms with E-state index in [1.807, 2.05) is 6.08 Å². The van der Waals surface area contributed by atoms with Gasteiger partial charge in [-0.05, 0) is 12.8 Å². The van der Waals surface area contributed by atoms with Crippen LogP contribution in [-0.4, -0.2) is 48.3 Å². The molecule has 0 aliphatic carbocycles. The molecule has 0 aromatic heterocycles. The van der Waals surface area contributed by atoms with E-state index >= 15 is 0 Å². The minimum absolute atomic E-state index is 0. The van der Waals surface area contributed by atoms with Gasteiger partial charge in [-0.2, -0.15) is 8.42 Å². The fraction of sp³-hybridized carbons (Fsp3) is 0.857. The normalized spacial score (nSPS) is 11.7. The summed E-state index contributed by atoms with van der Waals surface area (Å²) in [7, 11) is -3.82. The average molecular weight is 300 g/mol. The van der Waals surface area contributed by atoms with Crippen LogP contribution in [0.3, 0.4) is 0 Å². The van der Waals surface area contributed by atoms with Gasteiger partial charge in [-0.3, -0.25) is 4.55 Å². The molecule has 5 heteroatoms. The molecule has 0 rings (SSSR count). The van der Waals surface area contributed by atoms with Crippen LogP contribution in [0.25, 0.3) is 0 Å². The molecule has 0 atom stereocenters. The van der Waals surface area contributed by atoms with Gasteiger partial charge in [0.05, 0.1) is 5.75 Å². The van der Waals surface area contributed by atoms with Gasteiger partial charge in [0.1, 0.15) is 0 Å². The first-order valence-electron chi connectivity index (χ1n) is 7.16. The predicted octanol–water partition coefficient (Wildman–Crippen LogP) is 3.70. The Balaban J connectivity index is 0. The molecule has 0 aromatic carbocycles. The Labute approximate surface area is 141 Å². The molecule has 0 spiro atoms. The molecule has 0 heterocycles. The summed E-state index contributed by atoms with van der Waals surface area (Å²) < 4.78 is 29.3. The first-order valence-corrected chi connectivity index (χ1v) is 8.77. The monoisotopic (exact) mass is 300 g/mol. The van der Waals surface area contributed by atoms with Crippen LogP contribution in [0.15, 0.2) is 12.2 Å². The maximum atomic E-state index is 10.4. The van der Waals surface area contributed by atoms with E-state index in [0.717, 1.165) is 12.8 Å². The van der Waals surface area contributed by atoms with Crippen molar-refractivity contribution in [1.82, 2.24) is 0 Å². The van der Waals surface area contributed by atoms with Gasteiger partial charge in [0, 0.05) is 0 Å². The number of hydrogen-bond acceptors (Lipinski definition) is 2. The minimum atomic E-state index is -3.82. The zero-order valence-corrected chi connectivity index (χ0v) is 12.4. The number of allylic oxidation sites excluding steroid dienone is 1. The van der Waals surface area contributed by atoms with Crippen LogP contribution in [0.4, 0.5) is 0 Å². The van der Waals surface area contributed by atoms with Crippen LogP contribution in [-0.2, 0) is 10.1 Å². The van der Waals surface area contributed by atoms with Crippen LogP contribution in [0, 0.1) is 0 Å². The molecule has 0 amide bonds. The van der Waals surface area contributed by atoms with Crippen LogP contribution >= 0.6 is 0 Å². The quantitative estimate of drug-likeness (QED) is 0.259. The van der Waals surface area contributed by atoms with Crippen LogP contribution < -0.4 is 0 Å². The van der Waals surface area contributed by atoms with Gasteiger partial charge in [-0.25, -0.2) is 0 Å². The molecular formula is C14H29NaO3S. The molecule has 1 N–H and O–H groups in total. The van der Waals surface area contributed by atoms with Crippen molar-refractivity contribution in [2.45, 2.75) is 71.1 Å². The third kappa shape index (κ3) is 21.1. The van der Waals surface area contributed by atoms with Crippen molar-refractivity contribution in [3.63, 3.8) is 0 Å². The van der Waals surface area contributed by atoms with Crippen molar-refractivity contribution in [2.75, 3.05) is 5.75 Å². The Morgan fingerprint density at radius 1 is 0.842 bits per heavy atom. The Bertz CT molecular complexity index is 300. The molecule has 0 aliphatic heterocycles. The molecule has 3 nitrogen and oxygen atoms in total. The zero-order valence-electron chi connectivity index (χ0n) is 11.6. The van der Waals surface area contributed by atoms with Gasteiger partial charge >= 0.3 is 29.6 Å². The molecule has 0 unspecified atom stereocenters. The second kappa shape index (κ2) is 15.0. The molecular weight excluding hydrogens is 271 g/mol. The molecule has 0 aliphatic rings. The Kier molecular flexibility index (Phi) is 17.4. The van der Waals surface area contributed by atoms with E-state index in [-0.39, 0.29) is 35.3 Å². The summed E-state index contributed by atoms with van der Waals surface area (Å²) in [6.45, 7) is 2.23. The molecule has 0 saturated heterocycles. The fourth-order valence-corrected chi connectivity index (χ4v) is 2.26. The van der Waals surface area contributed by atoms with E-state index in [0.29, 0.717) is 0 Å². The van der Waals surface area contributed by atoms with E-state index in [4.69, 9.17) is 4.55 Å². The van der Waals surface area contributed by atoms with Crippen molar-refractivity contribution in [3.8, 4) is 0 Å². The zero-order chi connectivity index (χ0) is 13.7. The predicted molar refractivity (Wildman–Crippen MR) is 84.5 cm³/mol. The van der Waals surface area contributed by atoms with Gasteiger partial charge < -0.3 is 0 Å². The standard InChI is InChI=1S/C14H28O3S.Na.H/c1-2-3-4-5-6-7-8-9-10-11-12-13-14-18(15,16)17;;/h12-13H,2-11,14H2,1H3,(H,15,16,17);;/b13-12+;;. The molecule has 19 heavy (non-hydrogen) atoms. The van der Waals surface area contributed by atoms with Gasteiger partial charge in [0.15, 0.2) is 0 Å². The number of rotatable bonds is 12. The summed E-state index contributed by atoms with van der Waals surface area (Å²) in [6, 6.07) is 0. The summed E-state index contributed by atoms with van der Waals surface area (Å²) in [5.74, 6) is -0.259. The molecule has 110 valence electrons. The second-order valence-corrected chi connectivity index (χ2v) is 6.33. The van der Waals surface area contributed by atoms with Crippen molar-refractivity contribution < 1.29 is 13.0 Å². The first-order chi connectivity index (χ1) is 8.56. The van der Waals surface area contributed by atoms with Crippen LogP contribution in [0.1, 0.15) is 71.1 Å². The summed E-state index contributed by atoms with van der Waals surface area (Å²) >= 11 is 0. The third-order valence-electron chi connectivity index (χ3n) is 2.95. The van der Waals surface area contributed by atoms with Crippen molar-refractivity contribution in [1.29, 1.82) is 0 Å². The Hall–Kier alpha value is 0.650. The summed E-state index contributed by atoms with van der Waals surface area (Å²) in [5, 5.41) is 0. The van der Waals surface area contributed by atoms with Crippen molar-refractivity contribution >= 4 is 39.7 Å². The number of unbranched alkanes of at least 4 members (excludes halogenated alkanes) is 9. The van der Waals surface area contributed by atoms with Crippen LogP contribution in [0.5, 0.6) is 0 Å². The van der Waals surface area contributed by atoms with E-state index in [1.54, 1.807) is 0 Å². The number of hydrogen-bond donors (Lipinski definition) is 1. The average Bonchev–Trinajstić information content (AvgIpc) is 2.29. The Morgan fingerprint density at radius 3 is 1.79 bits per heavy atom. The van der Waals surface area contributed by atoms with Gasteiger partial charge in [-0.1, -0.05) is 70.4 Å². The SMILES string of the molecule is CCCCCCCCCCC/C=C/CS(=O)(=O)O.[NaH]. The first kappa shape index (κ1) is 21.9. The van der Waals surface area contributed by atoms with E-state index in [1.165, 1.54) is 57.4 Å². The summed E-state index contributed by atoms with van der Waals surface area (Å²) in [4.78, 5) is 0. The van der Waals surface area contributed by atoms with Crippen molar-refractivity contribution in [3.05, 3.63) is 12.2 Å². The molecule has 0 saturated carbocycles. The van der Waals surface area contributed by atoms with E-state index in [2.05, 4.69) is 6.92 Å². The van der Waals surface area contributed by atoms with Gasteiger partial charge in [0.2, 0.25) is 0 Å². The molecule has 0 radical (unpaired) electrons. The van der Waals surface area contributed by atoms with E-state index in [9.17, 15) is 8.42 Å². The van der Waals surface area contributed by atoms with Gasteiger partial charge in [0.25, 0.3) is 10.1 Å². The molecule has 0 fully saturated rings. The fourth-order valence-electron chi connectivity index (χ4n) is 1.88. The second-order valence-electron chi connectivity index (χ2n) is 4.84. The van der Waals surface area contributed by atoms with Crippen LogP contribution in [0.2, 0.25) is 0 Å². The van der Waals surface area contributed by atoms with Gasteiger partial charge in [-0.15, -0.1) is 0 Å². The summed E-state index contributed by atoms with van der Waals surface area (Å²) in [6.07, 6.45) is 15.9. The van der Waals surface area contributed by atoms with Crippen molar-refractivity contribution in [2.24, 2.45) is 0 Å². The maximum absolute atomic E-state index is 10.4. The Morgan fingerprint density at radius 2 is 1.32 bits per heavy atom. The molecule has 0 bridgehead atoms. The topological polar surface area (TPSA) is 54.4 Å². The summed E-state index contributed by atoms with van der Waals surface area (Å²) in [5.41, 5.74) is 0. The third-order valence-corrected chi connectivity index (χ3v) is 3.56. The molecule has 0 aromatic rings. The van der Waals surface area contributed by atoms with E-state index < -0.39 is 10.1 Å².